The molecule has 2 aromatic rings. The second kappa shape index (κ2) is 7.29. The molecule has 0 spiro atoms. The average molecular weight is 266 g/mol. The minimum Gasteiger partial charge on any atom is -0.483 e. The third-order valence-electron chi connectivity index (χ3n) is 3.50. The summed E-state index contributed by atoms with van der Waals surface area (Å²) in [7, 11) is 0. The maximum atomic E-state index is 8.36. The van der Waals surface area contributed by atoms with Crippen molar-refractivity contribution in [3.05, 3.63) is 77.9 Å². The van der Waals surface area contributed by atoms with Crippen molar-refractivity contribution in [2.24, 2.45) is 0 Å². The van der Waals surface area contributed by atoms with Gasteiger partial charge in [0, 0.05) is 5.92 Å². The van der Waals surface area contributed by atoms with Crippen molar-refractivity contribution in [2.45, 2.75) is 18.8 Å². The number of carbonyl (C=O) groups is 1. The lowest BCUT2D eigenvalue weighted by Crippen LogP contribution is -1.88. The summed E-state index contributed by atoms with van der Waals surface area (Å²) in [6.45, 7) is -0.250. The summed E-state index contributed by atoms with van der Waals surface area (Å²) in [4.78, 5) is 8.36. The summed E-state index contributed by atoms with van der Waals surface area (Å²) in [6.07, 6.45) is 4.88. The van der Waals surface area contributed by atoms with Gasteiger partial charge in [-0.05, 0) is 29.5 Å². The molecule has 102 valence electrons. The van der Waals surface area contributed by atoms with E-state index in [0.717, 1.165) is 0 Å². The van der Waals surface area contributed by atoms with E-state index in [0.29, 0.717) is 5.92 Å². The molecule has 0 fully saturated rings. The summed E-state index contributed by atoms with van der Waals surface area (Å²) < 4.78 is 0. The van der Waals surface area contributed by atoms with Gasteiger partial charge < -0.3 is 5.11 Å². The third-order valence-corrected chi connectivity index (χ3v) is 3.50. The lowest BCUT2D eigenvalue weighted by molar-refractivity contribution is -0.122. The molecule has 0 aliphatic heterocycles. The Labute approximate surface area is 119 Å². The highest BCUT2D eigenvalue weighted by Crippen LogP contribution is 2.37. The van der Waals surface area contributed by atoms with Gasteiger partial charge in [0.15, 0.2) is 0 Å². The Hall–Kier alpha value is -2.35. The normalized spacial score (nSPS) is 16.8. The highest BCUT2D eigenvalue weighted by atomic mass is 16.3. The van der Waals surface area contributed by atoms with Gasteiger partial charge in [0.25, 0.3) is 6.47 Å². The van der Waals surface area contributed by atoms with Crippen molar-refractivity contribution in [3.63, 3.8) is 0 Å². The van der Waals surface area contributed by atoms with Crippen LogP contribution >= 0.6 is 0 Å². The number of carboxylic acid groups (broad SMARTS) is 1. The van der Waals surface area contributed by atoms with Crippen molar-refractivity contribution in [3.8, 4) is 0 Å². The highest BCUT2D eigenvalue weighted by Gasteiger charge is 2.17. The number of benzene rings is 2. The zero-order valence-electron chi connectivity index (χ0n) is 11.3. The van der Waals surface area contributed by atoms with Crippen molar-refractivity contribution in [2.75, 3.05) is 0 Å². The lowest BCUT2D eigenvalue weighted by Gasteiger charge is -2.05. The standard InChI is InChI=1S/C17H16.CH2O2/c1-3-7-14(8-4-1)16-11-12-17(13-16)15-9-5-2-6-10-15;2-1-3/h1-10,13,16H,11-12H2;1H,(H,2,3). The molecule has 0 heterocycles. The van der Waals surface area contributed by atoms with Crippen LogP contribution in [0.4, 0.5) is 0 Å². The van der Waals surface area contributed by atoms with Gasteiger partial charge >= 0.3 is 0 Å². The Bertz CT molecular complexity index is 558. The summed E-state index contributed by atoms with van der Waals surface area (Å²) in [5.74, 6) is 0.603. The fourth-order valence-corrected chi connectivity index (χ4v) is 2.58. The molecule has 2 nitrogen and oxygen atoms in total. The van der Waals surface area contributed by atoms with E-state index in [2.05, 4.69) is 66.7 Å². The van der Waals surface area contributed by atoms with E-state index >= 15 is 0 Å². The van der Waals surface area contributed by atoms with Crippen LogP contribution in [0.25, 0.3) is 5.57 Å². The largest absolute Gasteiger partial charge is 0.483 e. The lowest BCUT2D eigenvalue weighted by atomic mass is 9.99. The predicted octanol–water partition coefficient (Wildman–Crippen LogP) is 4.35. The molecule has 1 aliphatic carbocycles. The van der Waals surface area contributed by atoms with Crippen LogP contribution in [0.2, 0.25) is 0 Å². The Kier molecular flexibility index (Phi) is 5.13. The summed E-state index contributed by atoms with van der Waals surface area (Å²) in [5.41, 5.74) is 4.32. The van der Waals surface area contributed by atoms with Gasteiger partial charge in [0.1, 0.15) is 0 Å². The zero-order chi connectivity index (χ0) is 14.2. The molecule has 0 radical (unpaired) electrons. The fraction of sp³-hybridized carbons (Fsp3) is 0.167. The molecule has 0 bridgehead atoms. The summed E-state index contributed by atoms with van der Waals surface area (Å²) in [5, 5.41) is 6.89. The Balaban J connectivity index is 0.000000452. The van der Waals surface area contributed by atoms with Crippen molar-refractivity contribution in [1.82, 2.24) is 0 Å². The maximum Gasteiger partial charge on any atom is 0.290 e. The van der Waals surface area contributed by atoms with E-state index in [1.807, 2.05) is 0 Å². The van der Waals surface area contributed by atoms with Gasteiger partial charge in [-0.1, -0.05) is 66.7 Å². The van der Waals surface area contributed by atoms with Crippen LogP contribution in [-0.4, -0.2) is 11.6 Å². The van der Waals surface area contributed by atoms with Crippen LogP contribution in [0.15, 0.2) is 66.7 Å². The SMILES string of the molecule is C1=C(c2ccccc2)CCC1c1ccccc1.O=CO. The smallest absolute Gasteiger partial charge is 0.290 e. The zero-order valence-corrected chi connectivity index (χ0v) is 11.3. The minimum atomic E-state index is -0.250. The topological polar surface area (TPSA) is 37.3 Å². The first-order valence-electron chi connectivity index (χ1n) is 6.74. The molecule has 0 saturated carbocycles. The van der Waals surface area contributed by atoms with E-state index in [-0.39, 0.29) is 6.47 Å². The van der Waals surface area contributed by atoms with Gasteiger partial charge in [0.2, 0.25) is 0 Å². The van der Waals surface area contributed by atoms with Gasteiger partial charge in [-0.2, -0.15) is 0 Å². The Morgan fingerprint density at radius 2 is 1.50 bits per heavy atom. The molecule has 1 N–H and O–H groups in total. The van der Waals surface area contributed by atoms with E-state index in [1.54, 1.807) is 0 Å². The van der Waals surface area contributed by atoms with Gasteiger partial charge in [-0.3, -0.25) is 4.79 Å². The molecule has 0 saturated heterocycles. The molecule has 1 aliphatic rings. The summed E-state index contributed by atoms with van der Waals surface area (Å²) >= 11 is 0. The van der Waals surface area contributed by atoms with Crippen molar-refractivity contribution in [1.29, 1.82) is 0 Å². The predicted molar refractivity (Wildman–Crippen MR) is 81.5 cm³/mol. The monoisotopic (exact) mass is 266 g/mol. The van der Waals surface area contributed by atoms with E-state index in [9.17, 15) is 0 Å². The highest BCUT2D eigenvalue weighted by molar-refractivity contribution is 5.68. The fourth-order valence-electron chi connectivity index (χ4n) is 2.58. The second-order valence-corrected chi connectivity index (χ2v) is 4.72. The molecule has 0 aromatic heterocycles. The molecule has 1 unspecified atom stereocenters. The number of hydrogen-bond acceptors (Lipinski definition) is 1. The molecule has 2 aromatic carbocycles. The quantitative estimate of drug-likeness (QED) is 0.820. The summed E-state index contributed by atoms with van der Waals surface area (Å²) in [6, 6.07) is 21.5. The average Bonchev–Trinajstić information content (AvgIpc) is 3.00. The van der Waals surface area contributed by atoms with E-state index in [1.165, 1.54) is 29.5 Å². The Morgan fingerprint density at radius 3 is 2.10 bits per heavy atom. The first-order valence-corrected chi connectivity index (χ1v) is 6.74. The third kappa shape index (κ3) is 3.58. The van der Waals surface area contributed by atoms with Crippen molar-refractivity contribution >= 4 is 12.0 Å². The molecule has 1 atom stereocenters. The number of allylic oxidation sites excluding steroid dienone is 2. The van der Waals surface area contributed by atoms with Crippen LogP contribution in [-0.2, 0) is 4.79 Å². The first kappa shape index (κ1) is 14.1. The maximum absolute atomic E-state index is 8.36. The van der Waals surface area contributed by atoms with Crippen LogP contribution in [0.3, 0.4) is 0 Å². The van der Waals surface area contributed by atoms with Crippen molar-refractivity contribution < 1.29 is 9.90 Å². The van der Waals surface area contributed by atoms with Gasteiger partial charge in [0.05, 0.1) is 0 Å². The molecule has 0 amide bonds. The van der Waals surface area contributed by atoms with Gasteiger partial charge in [-0.25, -0.2) is 0 Å². The molecule has 2 heteroatoms. The molecular formula is C18H18O2. The number of hydrogen-bond donors (Lipinski definition) is 1. The van der Waals surface area contributed by atoms with Crippen LogP contribution < -0.4 is 0 Å². The minimum absolute atomic E-state index is 0.250. The van der Waals surface area contributed by atoms with Crippen LogP contribution in [0.5, 0.6) is 0 Å². The Morgan fingerprint density at radius 1 is 0.950 bits per heavy atom. The second-order valence-electron chi connectivity index (χ2n) is 4.72. The number of rotatable bonds is 2. The van der Waals surface area contributed by atoms with E-state index in [4.69, 9.17) is 9.90 Å². The van der Waals surface area contributed by atoms with Crippen LogP contribution in [0, 0.1) is 0 Å². The molecule has 3 rings (SSSR count). The molecular weight excluding hydrogens is 248 g/mol. The van der Waals surface area contributed by atoms with E-state index < -0.39 is 0 Å². The first-order chi connectivity index (χ1) is 9.85. The van der Waals surface area contributed by atoms with Crippen LogP contribution in [0.1, 0.15) is 29.9 Å². The van der Waals surface area contributed by atoms with Gasteiger partial charge in [-0.15, -0.1) is 0 Å². The molecule has 20 heavy (non-hydrogen) atoms.